The Bertz CT molecular complexity index is 1050. The fraction of sp³-hybridized carbons (Fsp3) is 0.480. The zero-order chi connectivity index (χ0) is 22.6. The van der Waals surface area contributed by atoms with Crippen molar-refractivity contribution in [2.75, 3.05) is 19.8 Å². The third kappa shape index (κ3) is 5.70. The summed E-state index contributed by atoms with van der Waals surface area (Å²) in [5.41, 5.74) is 5.00. The first-order chi connectivity index (χ1) is 15.4. The summed E-state index contributed by atoms with van der Waals surface area (Å²) in [5, 5.41) is 2.85. The van der Waals surface area contributed by atoms with Gasteiger partial charge in [0.05, 0.1) is 18.1 Å². The van der Waals surface area contributed by atoms with Crippen LogP contribution in [0.5, 0.6) is 0 Å². The number of carbonyl (C=O) groups excluding carboxylic acids is 1. The van der Waals surface area contributed by atoms with Crippen LogP contribution in [-0.4, -0.2) is 34.3 Å². The first kappa shape index (κ1) is 22.8. The highest BCUT2D eigenvalue weighted by molar-refractivity contribution is 7.86. The van der Waals surface area contributed by atoms with Crippen molar-refractivity contribution in [2.24, 2.45) is 5.92 Å². The van der Waals surface area contributed by atoms with Crippen LogP contribution in [0.4, 0.5) is 4.79 Å². The molecule has 1 aliphatic heterocycles. The van der Waals surface area contributed by atoms with Gasteiger partial charge in [-0.05, 0) is 80.2 Å². The van der Waals surface area contributed by atoms with E-state index in [4.69, 9.17) is 8.92 Å². The van der Waals surface area contributed by atoms with Crippen LogP contribution in [0.15, 0.2) is 47.4 Å². The lowest BCUT2D eigenvalue weighted by Gasteiger charge is -2.27. The molecule has 2 aliphatic rings. The molecule has 172 valence electrons. The Morgan fingerprint density at radius 1 is 1.09 bits per heavy atom. The van der Waals surface area contributed by atoms with Gasteiger partial charge in [0, 0.05) is 12.5 Å². The minimum absolute atomic E-state index is 0.206. The summed E-state index contributed by atoms with van der Waals surface area (Å²) in [6.07, 6.45) is 5.22. The molecule has 1 saturated heterocycles. The van der Waals surface area contributed by atoms with Crippen molar-refractivity contribution in [1.29, 1.82) is 0 Å². The molecule has 2 atom stereocenters. The maximum Gasteiger partial charge on any atom is 0.407 e. The number of hydrogen-bond acceptors (Lipinski definition) is 5. The predicted molar refractivity (Wildman–Crippen MR) is 122 cm³/mol. The molecule has 6 nitrogen and oxygen atoms in total. The number of carbonyl (C=O) groups is 1. The number of aryl methyl sites for hydroxylation is 2. The maximum absolute atomic E-state index is 12.4. The Morgan fingerprint density at radius 3 is 2.72 bits per heavy atom. The SMILES string of the molecule is Cc1ccc(S(=O)(=O)OCC[C@H]2CCc3cc([C@H]4CCCOC(=O)NC4)ccc3C2)cc1. The van der Waals surface area contributed by atoms with E-state index in [1.165, 1.54) is 16.7 Å². The Hall–Kier alpha value is -2.38. The van der Waals surface area contributed by atoms with Crippen molar-refractivity contribution in [3.05, 3.63) is 64.7 Å². The third-order valence-corrected chi connectivity index (χ3v) is 7.86. The van der Waals surface area contributed by atoms with Gasteiger partial charge in [-0.1, -0.05) is 35.9 Å². The van der Waals surface area contributed by atoms with Crippen molar-refractivity contribution in [3.63, 3.8) is 0 Å². The predicted octanol–water partition coefficient (Wildman–Crippen LogP) is 4.50. The second kappa shape index (κ2) is 10.0. The standard InChI is InChI=1S/C25H31NO5S/c1-18-4-10-24(11-5-18)32(28,29)31-14-12-19-6-7-21-16-22(9-8-20(21)15-19)23-3-2-13-30-25(27)26-17-23/h4-5,8-11,16,19,23H,2-3,6-7,12-15,17H2,1H3,(H,26,27)/t19-,23+/m1/s1. The van der Waals surface area contributed by atoms with E-state index >= 15 is 0 Å². The molecule has 32 heavy (non-hydrogen) atoms. The van der Waals surface area contributed by atoms with Crippen molar-refractivity contribution in [1.82, 2.24) is 5.32 Å². The molecule has 2 aromatic carbocycles. The van der Waals surface area contributed by atoms with Gasteiger partial charge in [0.25, 0.3) is 10.1 Å². The van der Waals surface area contributed by atoms with Gasteiger partial charge in [-0.2, -0.15) is 8.42 Å². The molecule has 0 radical (unpaired) electrons. The molecule has 1 amide bonds. The van der Waals surface area contributed by atoms with Crippen molar-refractivity contribution in [2.45, 2.75) is 56.3 Å². The van der Waals surface area contributed by atoms with E-state index in [1.807, 2.05) is 6.92 Å². The number of benzene rings is 2. The van der Waals surface area contributed by atoms with Crippen LogP contribution in [0.3, 0.4) is 0 Å². The molecule has 7 heteroatoms. The molecular weight excluding hydrogens is 426 g/mol. The monoisotopic (exact) mass is 457 g/mol. The van der Waals surface area contributed by atoms with Gasteiger partial charge in [0.2, 0.25) is 0 Å². The molecule has 0 aromatic heterocycles. The average molecular weight is 458 g/mol. The molecule has 2 aromatic rings. The Labute approximate surface area is 190 Å². The molecule has 1 N–H and O–H groups in total. The van der Waals surface area contributed by atoms with Crippen LogP contribution in [-0.2, 0) is 31.9 Å². The lowest BCUT2D eigenvalue weighted by molar-refractivity contribution is 0.136. The van der Waals surface area contributed by atoms with Gasteiger partial charge in [0.15, 0.2) is 0 Å². The summed E-state index contributed by atoms with van der Waals surface area (Å²) in [5.74, 6) is 0.727. The minimum Gasteiger partial charge on any atom is -0.450 e. The lowest BCUT2D eigenvalue weighted by atomic mass is 9.80. The average Bonchev–Trinajstić information content (AvgIpc) is 2.76. The van der Waals surface area contributed by atoms with Gasteiger partial charge in [-0.3, -0.25) is 4.18 Å². The maximum atomic E-state index is 12.4. The molecule has 0 saturated carbocycles. The summed E-state index contributed by atoms with van der Waals surface area (Å²) in [4.78, 5) is 11.8. The molecule has 0 spiro atoms. The van der Waals surface area contributed by atoms with E-state index in [0.717, 1.165) is 44.1 Å². The number of alkyl carbamates (subject to hydrolysis) is 1. The molecule has 1 aliphatic carbocycles. The second-order valence-corrected chi connectivity index (χ2v) is 10.5. The molecular formula is C25H31NO5S. The quantitative estimate of drug-likeness (QED) is 0.646. The number of hydrogen-bond donors (Lipinski definition) is 1. The van der Waals surface area contributed by atoms with Gasteiger partial charge >= 0.3 is 6.09 Å². The fourth-order valence-corrected chi connectivity index (χ4v) is 5.51. The number of amides is 1. The summed E-state index contributed by atoms with van der Waals surface area (Å²) >= 11 is 0. The summed E-state index contributed by atoms with van der Waals surface area (Å²) < 4.78 is 35.1. The van der Waals surface area contributed by atoms with Crippen LogP contribution in [0.25, 0.3) is 0 Å². The highest BCUT2D eigenvalue weighted by atomic mass is 32.2. The van der Waals surface area contributed by atoms with Gasteiger partial charge in [-0.25, -0.2) is 4.79 Å². The van der Waals surface area contributed by atoms with Crippen molar-refractivity contribution in [3.8, 4) is 0 Å². The number of rotatable bonds is 6. The molecule has 1 fully saturated rings. The Balaban J connectivity index is 1.32. The lowest BCUT2D eigenvalue weighted by Crippen LogP contribution is -2.31. The number of fused-ring (bicyclic) bond motifs is 1. The highest BCUT2D eigenvalue weighted by Crippen LogP contribution is 2.31. The summed E-state index contributed by atoms with van der Waals surface area (Å²) in [6.45, 7) is 3.20. The van der Waals surface area contributed by atoms with E-state index in [0.29, 0.717) is 25.0 Å². The summed E-state index contributed by atoms with van der Waals surface area (Å²) in [7, 11) is -3.70. The second-order valence-electron chi connectivity index (χ2n) is 8.87. The zero-order valence-electron chi connectivity index (χ0n) is 18.5. The third-order valence-electron chi connectivity index (χ3n) is 6.53. The van der Waals surface area contributed by atoms with E-state index in [1.54, 1.807) is 24.3 Å². The Kier molecular flexibility index (Phi) is 7.16. The smallest absolute Gasteiger partial charge is 0.407 e. The molecule has 1 heterocycles. The topological polar surface area (TPSA) is 81.7 Å². The first-order valence-corrected chi connectivity index (χ1v) is 12.8. The van der Waals surface area contributed by atoms with E-state index in [2.05, 4.69) is 23.5 Å². The minimum atomic E-state index is -3.70. The largest absolute Gasteiger partial charge is 0.450 e. The normalized spacial score (nSPS) is 21.6. The van der Waals surface area contributed by atoms with E-state index in [9.17, 15) is 13.2 Å². The molecule has 0 unspecified atom stereocenters. The zero-order valence-corrected chi connectivity index (χ0v) is 19.3. The summed E-state index contributed by atoms with van der Waals surface area (Å²) in [6, 6.07) is 13.4. The van der Waals surface area contributed by atoms with Crippen LogP contribution in [0, 0.1) is 12.8 Å². The van der Waals surface area contributed by atoms with Gasteiger partial charge in [-0.15, -0.1) is 0 Å². The molecule has 0 bridgehead atoms. The van der Waals surface area contributed by atoms with Crippen molar-refractivity contribution < 1.29 is 22.1 Å². The van der Waals surface area contributed by atoms with Crippen LogP contribution in [0.1, 0.15) is 53.9 Å². The molecule has 4 rings (SSSR count). The van der Waals surface area contributed by atoms with E-state index in [-0.39, 0.29) is 17.6 Å². The number of cyclic esters (lactones) is 1. The van der Waals surface area contributed by atoms with Crippen LogP contribution in [0.2, 0.25) is 0 Å². The van der Waals surface area contributed by atoms with E-state index < -0.39 is 10.1 Å². The highest BCUT2D eigenvalue weighted by Gasteiger charge is 2.23. The number of ether oxygens (including phenoxy) is 1. The van der Waals surface area contributed by atoms with Gasteiger partial charge < -0.3 is 10.1 Å². The number of nitrogens with one attached hydrogen (secondary N) is 1. The Morgan fingerprint density at radius 2 is 1.91 bits per heavy atom. The van der Waals surface area contributed by atoms with Crippen molar-refractivity contribution >= 4 is 16.2 Å². The van der Waals surface area contributed by atoms with Crippen LogP contribution >= 0.6 is 0 Å². The fourth-order valence-electron chi connectivity index (χ4n) is 4.59. The van der Waals surface area contributed by atoms with Gasteiger partial charge in [0.1, 0.15) is 0 Å². The first-order valence-electron chi connectivity index (χ1n) is 11.4. The van der Waals surface area contributed by atoms with Crippen LogP contribution < -0.4 is 5.32 Å².